The summed E-state index contributed by atoms with van der Waals surface area (Å²) < 4.78 is 11.5. The van der Waals surface area contributed by atoms with Gasteiger partial charge in [0.2, 0.25) is 11.8 Å². The van der Waals surface area contributed by atoms with Crippen molar-refractivity contribution in [1.82, 2.24) is 15.2 Å². The van der Waals surface area contributed by atoms with E-state index < -0.39 is 30.1 Å². The van der Waals surface area contributed by atoms with E-state index >= 15 is 0 Å². The lowest BCUT2D eigenvalue weighted by molar-refractivity contribution is -0.158. The molecule has 0 radical (unpaired) electrons. The molecule has 48 heavy (non-hydrogen) atoms. The van der Waals surface area contributed by atoms with Crippen LogP contribution >= 0.6 is 0 Å². The van der Waals surface area contributed by atoms with Crippen molar-refractivity contribution < 1.29 is 23.9 Å². The molecule has 1 heterocycles. The predicted octanol–water partition coefficient (Wildman–Crippen LogP) is 5.13. The number of hydrogen-bond acceptors (Lipinski definition) is 7. The van der Waals surface area contributed by atoms with Crippen molar-refractivity contribution in [2.45, 2.75) is 117 Å². The first-order valence-electron chi connectivity index (χ1n) is 18.0. The molecule has 1 unspecified atom stereocenters. The minimum Gasteiger partial charge on any atom is -0.459 e. The number of methoxy groups -OCH3 is 1. The van der Waals surface area contributed by atoms with Gasteiger partial charge in [-0.3, -0.25) is 9.59 Å². The number of fused-ring (bicyclic) bond motifs is 1. The van der Waals surface area contributed by atoms with Gasteiger partial charge in [-0.05, 0) is 91.4 Å². The Balaban J connectivity index is 1.90. The summed E-state index contributed by atoms with van der Waals surface area (Å²) in [6, 6.07) is 5.52. The standard InChI is InChI=1S/C38H63N5O5/c1-22(2)29(25(7)26-12-15-33-31(17-26)27(21-41-33)11-10-16-47-9)18-32(40)34(48-38(46)36(24(5)6)42-35(44)20-39)19-30(23(3)4)37(45)43(8)28-13-14-28/h12,15,17,21-25,28-30,32,34,36,41H,10-11,13-14,16,18-20,39-40H2,1-9H3,(H,42,44)/t25?,29-,30-,32-,34-,36-/m0/s1. The second kappa shape index (κ2) is 18.2. The average Bonchev–Trinajstić information content (AvgIpc) is 3.82. The topological polar surface area (TPSA) is 153 Å². The lowest BCUT2D eigenvalue weighted by atomic mass is 9.75. The maximum absolute atomic E-state index is 13.7. The molecule has 1 aliphatic carbocycles. The first-order chi connectivity index (χ1) is 22.7. The molecule has 0 aliphatic heterocycles. The van der Waals surface area contributed by atoms with Gasteiger partial charge in [0, 0.05) is 55.9 Å². The highest BCUT2D eigenvalue weighted by molar-refractivity contribution is 5.86. The third-order valence-electron chi connectivity index (χ3n) is 10.4. The van der Waals surface area contributed by atoms with Gasteiger partial charge in [0.25, 0.3) is 0 Å². The normalized spacial score (nSPS) is 17.3. The van der Waals surface area contributed by atoms with E-state index in [0.29, 0.717) is 18.8 Å². The summed E-state index contributed by atoms with van der Waals surface area (Å²) in [7, 11) is 3.60. The van der Waals surface area contributed by atoms with E-state index in [1.807, 2.05) is 39.6 Å². The monoisotopic (exact) mass is 669 g/mol. The highest BCUT2D eigenvalue weighted by Gasteiger charge is 2.39. The summed E-state index contributed by atoms with van der Waals surface area (Å²) in [4.78, 5) is 44.9. The molecule has 1 fully saturated rings. The van der Waals surface area contributed by atoms with Crippen LogP contribution in [0.25, 0.3) is 10.9 Å². The summed E-state index contributed by atoms with van der Waals surface area (Å²) in [5.74, 6) is -0.833. The second-order valence-corrected chi connectivity index (χ2v) is 15.0. The van der Waals surface area contributed by atoms with E-state index in [1.165, 1.54) is 16.5 Å². The van der Waals surface area contributed by atoms with Gasteiger partial charge < -0.3 is 36.1 Å². The molecular formula is C38H63N5O5. The Morgan fingerprint density at radius 2 is 1.71 bits per heavy atom. The number of ether oxygens (including phenoxy) is 2. The molecule has 0 bridgehead atoms. The molecule has 1 aromatic carbocycles. The highest BCUT2D eigenvalue weighted by atomic mass is 16.5. The Hall–Kier alpha value is -2.95. The van der Waals surface area contributed by atoms with E-state index in [4.69, 9.17) is 20.9 Å². The van der Waals surface area contributed by atoms with Gasteiger partial charge in [0.05, 0.1) is 6.54 Å². The number of aryl methyl sites for hydroxylation is 1. The number of carbonyl (C=O) groups excluding carboxylic acids is 3. The van der Waals surface area contributed by atoms with Crippen molar-refractivity contribution in [2.75, 3.05) is 27.3 Å². The third-order valence-corrected chi connectivity index (χ3v) is 10.4. The Labute approximate surface area is 288 Å². The number of aromatic nitrogens is 1. The van der Waals surface area contributed by atoms with Crippen molar-refractivity contribution in [3.05, 3.63) is 35.5 Å². The maximum Gasteiger partial charge on any atom is 0.329 e. The Kier molecular flexibility index (Phi) is 14.9. The minimum atomic E-state index is -0.871. The van der Waals surface area contributed by atoms with Crippen molar-refractivity contribution in [3.8, 4) is 0 Å². The maximum atomic E-state index is 13.7. The first-order valence-corrected chi connectivity index (χ1v) is 18.0. The van der Waals surface area contributed by atoms with Crippen molar-refractivity contribution in [3.63, 3.8) is 0 Å². The van der Waals surface area contributed by atoms with Crippen LogP contribution in [0.2, 0.25) is 0 Å². The second-order valence-electron chi connectivity index (χ2n) is 15.0. The molecular weight excluding hydrogens is 606 g/mol. The molecule has 0 saturated heterocycles. The zero-order valence-corrected chi connectivity index (χ0v) is 30.9. The zero-order valence-electron chi connectivity index (χ0n) is 30.9. The quantitative estimate of drug-likeness (QED) is 0.113. The fourth-order valence-electron chi connectivity index (χ4n) is 6.93. The highest BCUT2D eigenvalue weighted by Crippen LogP contribution is 2.37. The van der Waals surface area contributed by atoms with Crippen LogP contribution in [0.4, 0.5) is 0 Å². The zero-order chi connectivity index (χ0) is 35.7. The minimum absolute atomic E-state index is 0.0240. The number of rotatable bonds is 20. The number of H-pyrrole nitrogens is 1. The molecule has 6 N–H and O–H groups in total. The van der Waals surface area contributed by atoms with Crippen LogP contribution in [0.1, 0.15) is 97.6 Å². The largest absolute Gasteiger partial charge is 0.459 e. The molecule has 3 rings (SSSR count). The van der Waals surface area contributed by atoms with Gasteiger partial charge in [-0.25, -0.2) is 4.79 Å². The van der Waals surface area contributed by atoms with Crippen LogP contribution in [0, 0.1) is 29.6 Å². The summed E-state index contributed by atoms with van der Waals surface area (Å²) in [6.45, 7) is 14.9. The smallest absolute Gasteiger partial charge is 0.329 e. The van der Waals surface area contributed by atoms with Crippen LogP contribution in [-0.2, 0) is 30.3 Å². The SMILES string of the molecule is COCCCc1c[nH]c2ccc(C(C)[C@@H](C[C@H](N)[C@H](C[C@H](C(=O)N(C)C3CC3)C(C)C)OC(=O)[C@@H](NC(=O)CN)C(C)C)C(C)C)cc12. The lowest BCUT2D eigenvalue weighted by Crippen LogP contribution is -2.51. The molecule has 2 aromatic rings. The van der Waals surface area contributed by atoms with Gasteiger partial charge in [-0.1, -0.05) is 54.5 Å². The third kappa shape index (κ3) is 10.5. The fourth-order valence-corrected chi connectivity index (χ4v) is 6.93. The summed E-state index contributed by atoms with van der Waals surface area (Å²) in [6.07, 6.45) is 6.21. The number of aromatic amines is 1. The Morgan fingerprint density at radius 1 is 1.02 bits per heavy atom. The number of hydrogen-bond donors (Lipinski definition) is 4. The van der Waals surface area contributed by atoms with Crippen LogP contribution in [-0.4, -0.2) is 79.2 Å². The van der Waals surface area contributed by atoms with E-state index in [-0.39, 0.29) is 48.1 Å². The number of nitrogens with zero attached hydrogens (tertiary/aromatic N) is 1. The van der Waals surface area contributed by atoms with Crippen molar-refractivity contribution in [2.24, 2.45) is 41.1 Å². The number of benzene rings is 1. The fraction of sp³-hybridized carbons (Fsp3) is 0.711. The van der Waals surface area contributed by atoms with Gasteiger partial charge in [-0.15, -0.1) is 0 Å². The average molecular weight is 670 g/mol. The van der Waals surface area contributed by atoms with Gasteiger partial charge >= 0.3 is 5.97 Å². The van der Waals surface area contributed by atoms with Crippen LogP contribution in [0.15, 0.2) is 24.4 Å². The summed E-state index contributed by atoms with van der Waals surface area (Å²) in [5.41, 5.74) is 16.2. The van der Waals surface area contributed by atoms with E-state index in [2.05, 4.69) is 55.5 Å². The number of amides is 2. The first kappa shape index (κ1) is 39.5. The molecule has 2 amide bonds. The van der Waals surface area contributed by atoms with Gasteiger partial charge in [0.1, 0.15) is 12.1 Å². The summed E-state index contributed by atoms with van der Waals surface area (Å²) in [5, 5.41) is 3.95. The Bertz CT molecular complexity index is 1340. The summed E-state index contributed by atoms with van der Waals surface area (Å²) >= 11 is 0. The van der Waals surface area contributed by atoms with Crippen LogP contribution in [0.3, 0.4) is 0 Å². The molecule has 270 valence electrons. The molecule has 1 aromatic heterocycles. The van der Waals surface area contributed by atoms with Crippen LogP contribution < -0.4 is 16.8 Å². The van der Waals surface area contributed by atoms with E-state index in [1.54, 1.807) is 7.11 Å². The molecule has 0 spiro atoms. The van der Waals surface area contributed by atoms with Crippen molar-refractivity contribution >= 4 is 28.7 Å². The number of nitrogens with one attached hydrogen (secondary N) is 2. The van der Waals surface area contributed by atoms with Gasteiger partial charge in [0.15, 0.2) is 0 Å². The molecule has 10 heteroatoms. The van der Waals surface area contributed by atoms with Crippen LogP contribution in [0.5, 0.6) is 0 Å². The molecule has 1 aliphatic rings. The molecule has 10 nitrogen and oxygen atoms in total. The number of esters is 1. The number of carbonyl (C=O) groups is 3. The van der Waals surface area contributed by atoms with Gasteiger partial charge in [-0.2, -0.15) is 0 Å². The predicted molar refractivity (Wildman–Crippen MR) is 192 cm³/mol. The van der Waals surface area contributed by atoms with Crippen molar-refractivity contribution in [1.29, 1.82) is 0 Å². The molecule has 1 saturated carbocycles. The Morgan fingerprint density at radius 3 is 2.27 bits per heavy atom. The number of nitrogens with two attached hydrogens (primary N) is 2. The van der Waals surface area contributed by atoms with E-state index in [0.717, 1.165) is 37.8 Å². The lowest BCUT2D eigenvalue weighted by Gasteiger charge is -2.36. The molecule has 6 atom stereocenters. The van der Waals surface area contributed by atoms with E-state index in [9.17, 15) is 14.4 Å².